The van der Waals surface area contributed by atoms with Gasteiger partial charge in [0, 0.05) is 13.7 Å². The van der Waals surface area contributed by atoms with E-state index in [1.165, 1.54) is 11.1 Å². The third-order valence-electron chi connectivity index (χ3n) is 3.13. The van der Waals surface area contributed by atoms with Gasteiger partial charge in [-0.05, 0) is 29.5 Å². The van der Waals surface area contributed by atoms with Crippen LogP contribution in [0.1, 0.15) is 38.3 Å². The molecular formula is C16H26ClNO. The standard InChI is InChI=1S/C16H26ClNO/c1-16(2,3)14-7-5-13(6-8-14)11-18-10-9-15(17)12-19-4/h5-8,15,18H,9-12H2,1-4H3. The fourth-order valence-corrected chi connectivity index (χ4v) is 2.11. The van der Waals surface area contributed by atoms with Crippen molar-refractivity contribution in [2.45, 2.75) is 44.5 Å². The highest BCUT2D eigenvalue weighted by atomic mass is 35.5. The lowest BCUT2D eigenvalue weighted by atomic mass is 9.87. The summed E-state index contributed by atoms with van der Waals surface area (Å²) in [6.07, 6.45) is 0.926. The van der Waals surface area contributed by atoms with E-state index in [1.54, 1.807) is 7.11 Å². The minimum absolute atomic E-state index is 0.0979. The molecule has 0 heterocycles. The van der Waals surface area contributed by atoms with Gasteiger partial charge in [0.25, 0.3) is 0 Å². The molecule has 0 aromatic heterocycles. The molecule has 3 heteroatoms. The van der Waals surface area contributed by atoms with E-state index in [2.05, 4.69) is 50.4 Å². The highest BCUT2D eigenvalue weighted by Crippen LogP contribution is 2.22. The molecule has 1 atom stereocenters. The second-order valence-electron chi connectivity index (χ2n) is 5.96. The van der Waals surface area contributed by atoms with Gasteiger partial charge in [0.2, 0.25) is 0 Å². The van der Waals surface area contributed by atoms with Gasteiger partial charge >= 0.3 is 0 Å². The summed E-state index contributed by atoms with van der Waals surface area (Å²) < 4.78 is 5.00. The topological polar surface area (TPSA) is 21.3 Å². The smallest absolute Gasteiger partial charge is 0.0626 e. The fourth-order valence-electron chi connectivity index (χ4n) is 1.88. The molecule has 0 amide bonds. The molecule has 0 aliphatic rings. The molecule has 1 N–H and O–H groups in total. The lowest BCUT2D eigenvalue weighted by Crippen LogP contribution is -2.20. The molecule has 0 saturated heterocycles. The van der Waals surface area contributed by atoms with Crippen LogP contribution in [-0.2, 0) is 16.7 Å². The third kappa shape index (κ3) is 6.42. The number of hydrogen-bond acceptors (Lipinski definition) is 2. The third-order valence-corrected chi connectivity index (χ3v) is 3.48. The van der Waals surface area contributed by atoms with E-state index in [9.17, 15) is 0 Å². The molecule has 1 unspecified atom stereocenters. The van der Waals surface area contributed by atoms with Gasteiger partial charge in [-0.1, -0.05) is 45.0 Å². The highest BCUT2D eigenvalue weighted by Gasteiger charge is 2.12. The van der Waals surface area contributed by atoms with E-state index in [-0.39, 0.29) is 10.8 Å². The monoisotopic (exact) mass is 283 g/mol. The zero-order valence-corrected chi connectivity index (χ0v) is 13.3. The number of ether oxygens (including phenoxy) is 1. The number of rotatable bonds is 7. The molecule has 2 nitrogen and oxygen atoms in total. The predicted octanol–water partition coefficient (Wildman–Crippen LogP) is 3.72. The molecule has 0 aliphatic carbocycles. The summed E-state index contributed by atoms with van der Waals surface area (Å²) >= 11 is 6.07. The summed E-state index contributed by atoms with van der Waals surface area (Å²) in [5.74, 6) is 0. The van der Waals surface area contributed by atoms with Crippen molar-refractivity contribution in [3.05, 3.63) is 35.4 Å². The van der Waals surface area contributed by atoms with Crippen LogP contribution in [0.25, 0.3) is 0 Å². The van der Waals surface area contributed by atoms with Gasteiger partial charge in [-0.15, -0.1) is 11.6 Å². The molecule has 108 valence electrons. The Hall–Kier alpha value is -0.570. The van der Waals surface area contributed by atoms with Crippen LogP contribution < -0.4 is 5.32 Å². The molecular weight excluding hydrogens is 258 g/mol. The average molecular weight is 284 g/mol. The van der Waals surface area contributed by atoms with Crippen LogP contribution >= 0.6 is 11.6 Å². The molecule has 19 heavy (non-hydrogen) atoms. The number of alkyl halides is 1. The van der Waals surface area contributed by atoms with Crippen LogP contribution in [0.5, 0.6) is 0 Å². The van der Waals surface area contributed by atoms with Crippen molar-refractivity contribution in [2.75, 3.05) is 20.3 Å². The predicted molar refractivity (Wildman–Crippen MR) is 83.0 cm³/mol. The minimum Gasteiger partial charge on any atom is -0.383 e. The second-order valence-corrected chi connectivity index (χ2v) is 6.58. The van der Waals surface area contributed by atoms with Crippen molar-refractivity contribution in [2.24, 2.45) is 0 Å². The molecule has 0 spiro atoms. The maximum Gasteiger partial charge on any atom is 0.0626 e. The average Bonchev–Trinajstić information content (AvgIpc) is 2.34. The molecule has 0 saturated carbocycles. The Morgan fingerprint density at radius 1 is 1.21 bits per heavy atom. The van der Waals surface area contributed by atoms with E-state index in [1.807, 2.05) is 0 Å². The zero-order valence-electron chi connectivity index (χ0n) is 12.5. The van der Waals surface area contributed by atoms with Gasteiger partial charge in [-0.25, -0.2) is 0 Å². The van der Waals surface area contributed by atoms with E-state index in [0.717, 1.165) is 19.5 Å². The number of hydrogen-bond donors (Lipinski definition) is 1. The highest BCUT2D eigenvalue weighted by molar-refractivity contribution is 6.20. The van der Waals surface area contributed by atoms with Crippen LogP contribution in [0, 0.1) is 0 Å². The number of benzene rings is 1. The van der Waals surface area contributed by atoms with E-state index < -0.39 is 0 Å². The summed E-state index contributed by atoms with van der Waals surface area (Å²) in [5, 5.41) is 3.51. The zero-order chi connectivity index (χ0) is 14.3. The molecule has 1 aromatic carbocycles. The van der Waals surface area contributed by atoms with Gasteiger partial charge < -0.3 is 10.1 Å². The van der Waals surface area contributed by atoms with Gasteiger partial charge in [0.05, 0.1) is 12.0 Å². The van der Waals surface area contributed by atoms with Gasteiger partial charge in [0.1, 0.15) is 0 Å². The first-order valence-corrected chi connectivity index (χ1v) is 7.30. The lowest BCUT2D eigenvalue weighted by Gasteiger charge is -2.19. The van der Waals surface area contributed by atoms with Crippen LogP contribution in [0.4, 0.5) is 0 Å². The Morgan fingerprint density at radius 3 is 2.37 bits per heavy atom. The molecule has 0 aliphatic heterocycles. The fraction of sp³-hybridized carbons (Fsp3) is 0.625. The minimum atomic E-state index is 0.0979. The number of nitrogens with one attached hydrogen (secondary N) is 1. The maximum atomic E-state index is 6.07. The summed E-state index contributed by atoms with van der Waals surface area (Å²) in [6.45, 7) is 9.12. The van der Waals surface area contributed by atoms with Crippen molar-refractivity contribution in [3.63, 3.8) is 0 Å². The molecule has 1 rings (SSSR count). The Morgan fingerprint density at radius 2 is 1.84 bits per heavy atom. The van der Waals surface area contributed by atoms with Crippen LogP contribution in [0.3, 0.4) is 0 Å². The molecule has 0 radical (unpaired) electrons. The summed E-state index contributed by atoms with van der Waals surface area (Å²) in [6, 6.07) is 8.82. The Balaban J connectivity index is 2.31. The second kappa shape index (κ2) is 7.88. The van der Waals surface area contributed by atoms with Crippen LogP contribution in [0.15, 0.2) is 24.3 Å². The van der Waals surface area contributed by atoms with Crippen molar-refractivity contribution >= 4 is 11.6 Å². The molecule has 0 fully saturated rings. The van der Waals surface area contributed by atoms with Crippen molar-refractivity contribution in [3.8, 4) is 0 Å². The quantitative estimate of drug-likeness (QED) is 0.608. The Labute approximate surface area is 122 Å². The van der Waals surface area contributed by atoms with Crippen molar-refractivity contribution in [1.82, 2.24) is 5.32 Å². The van der Waals surface area contributed by atoms with Crippen molar-refractivity contribution in [1.29, 1.82) is 0 Å². The lowest BCUT2D eigenvalue weighted by molar-refractivity contribution is 0.195. The first-order valence-electron chi connectivity index (χ1n) is 6.86. The number of halogens is 1. The first kappa shape index (κ1) is 16.5. The normalized spacial score (nSPS) is 13.5. The molecule has 0 bridgehead atoms. The largest absolute Gasteiger partial charge is 0.383 e. The molecule has 1 aromatic rings. The van der Waals surface area contributed by atoms with Crippen molar-refractivity contribution < 1.29 is 4.74 Å². The number of methoxy groups -OCH3 is 1. The van der Waals surface area contributed by atoms with Gasteiger partial charge in [-0.3, -0.25) is 0 Å². The Kier molecular flexibility index (Phi) is 6.84. The van der Waals surface area contributed by atoms with Crippen LogP contribution in [-0.4, -0.2) is 25.6 Å². The summed E-state index contributed by atoms with van der Waals surface area (Å²) in [7, 11) is 1.68. The van der Waals surface area contributed by atoms with Gasteiger partial charge in [-0.2, -0.15) is 0 Å². The van der Waals surface area contributed by atoms with E-state index in [4.69, 9.17) is 16.3 Å². The SMILES string of the molecule is COCC(Cl)CCNCc1ccc(C(C)(C)C)cc1. The van der Waals surface area contributed by atoms with Crippen LogP contribution in [0.2, 0.25) is 0 Å². The van der Waals surface area contributed by atoms with E-state index in [0.29, 0.717) is 6.61 Å². The van der Waals surface area contributed by atoms with E-state index >= 15 is 0 Å². The Bertz CT molecular complexity index is 356. The van der Waals surface area contributed by atoms with Gasteiger partial charge in [0.15, 0.2) is 0 Å². The maximum absolute atomic E-state index is 6.07. The summed E-state index contributed by atoms with van der Waals surface area (Å²) in [5.41, 5.74) is 2.90. The first-order chi connectivity index (χ1) is 8.93. The summed E-state index contributed by atoms with van der Waals surface area (Å²) in [4.78, 5) is 0.